The van der Waals surface area contributed by atoms with Crippen LogP contribution in [0.4, 0.5) is 0 Å². The van der Waals surface area contributed by atoms with Crippen LogP contribution in [-0.4, -0.2) is 39.2 Å². The lowest BCUT2D eigenvalue weighted by Gasteiger charge is -2.15. The first-order valence-electron chi connectivity index (χ1n) is 8.27. The number of hydrogen-bond acceptors (Lipinski definition) is 5. The monoisotopic (exact) mass is 412 g/mol. The van der Waals surface area contributed by atoms with Crippen molar-refractivity contribution in [3.05, 3.63) is 76.2 Å². The van der Waals surface area contributed by atoms with Gasteiger partial charge in [0.2, 0.25) is 0 Å². The molecule has 2 amide bonds. The van der Waals surface area contributed by atoms with Crippen LogP contribution in [0.15, 0.2) is 59.5 Å². The average Bonchev–Trinajstić information content (AvgIpc) is 2.93. The van der Waals surface area contributed by atoms with Crippen molar-refractivity contribution in [3.8, 4) is 0 Å². The number of hydrogen-bond donors (Lipinski definition) is 2. The maximum absolute atomic E-state index is 12.5. The molecule has 2 aromatic carbocycles. The van der Waals surface area contributed by atoms with E-state index in [0.717, 1.165) is 5.56 Å². The molecule has 6 nitrogen and oxygen atoms in total. The standard InChI is InChI=1S/C20H16N2O4S2/c1-22-18(24)15(28-20(22)27)11-12-7-9-14(10-8-12)17(23)21-16(19(25)26)13-5-3-2-4-6-13/h2-11,16H,1H3,(H,21,23)(H,25,26). The fourth-order valence-corrected chi connectivity index (χ4v) is 3.75. The van der Waals surface area contributed by atoms with E-state index in [9.17, 15) is 19.5 Å². The molecule has 3 rings (SSSR count). The highest BCUT2D eigenvalue weighted by Crippen LogP contribution is 2.31. The summed E-state index contributed by atoms with van der Waals surface area (Å²) in [6.07, 6.45) is 1.70. The number of aliphatic carboxylic acids is 1. The molecule has 1 atom stereocenters. The first-order valence-corrected chi connectivity index (χ1v) is 9.49. The molecule has 2 N–H and O–H groups in total. The molecule has 1 heterocycles. The highest BCUT2D eigenvalue weighted by atomic mass is 32.2. The number of benzene rings is 2. The predicted molar refractivity (Wildman–Crippen MR) is 112 cm³/mol. The molecule has 0 bridgehead atoms. The van der Waals surface area contributed by atoms with E-state index < -0.39 is 17.9 Å². The number of likely N-dealkylation sites (N-methyl/N-ethyl adjacent to an activating group) is 1. The molecule has 0 radical (unpaired) electrons. The summed E-state index contributed by atoms with van der Waals surface area (Å²) in [5.74, 6) is -1.80. The van der Waals surface area contributed by atoms with E-state index in [1.54, 1.807) is 67.7 Å². The highest BCUT2D eigenvalue weighted by molar-refractivity contribution is 8.26. The maximum atomic E-state index is 12.5. The summed E-state index contributed by atoms with van der Waals surface area (Å²) in [4.78, 5) is 37.9. The number of thioether (sulfide) groups is 1. The van der Waals surface area contributed by atoms with Gasteiger partial charge in [-0.3, -0.25) is 14.5 Å². The maximum Gasteiger partial charge on any atom is 0.330 e. The Hall–Kier alpha value is -2.97. The Morgan fingerprint density at radius 3 is 2.32 bits per heavy atom. The van der Waals surface area contributed by atoms with Gasteiger partial charge in [-0.15, -0.1) is 0 Å². The molecule has 1 aliphatic heterocycles. The number of nitrogens with one attached hydrogen (secondary N) is 1. The zero-order valence-corrected chi connectivity index (χ0v) is 16.4. The number of carboxylic acids is 1. The second-order valence-electron chi connectivity index (χ2n) is 6.02. The molecule has 28 heavy (non-hydrogen) atoms. The molecule has 0 spiro atoms. The van der Waals surface area contributed by atoms with Crippen molar-refractivity contribution >= 4 is 52.2 Å². The Morgan fingerprint density at radius 2 is 1.79 bits per heavy atom. The third-order valence-electron chi connectivity index (χ3n) is 4.11. The van der Waals surface area contributed by atoms with Gasteiger partial charge in [0, 0.05) is 12.6 Å². The van der Waals surface area contributed by atoms with Crippen molar-refractivity contribution in [3.63, 3.8) is 0 Å². The molecule has 142 valence electrons. The smallest absolute Gasteiger partial charge is 0.330 e. The minimum absolute atomic E-state index is 0.163. The van der Waals surface area contributed by atoms with Crippen LogP contribution in [0.5, 0.6) is 0 Å². The van der Waals surface area contributed by atoms with Gasteiger partial charge in [0.05, 0.1) is 4.91 Å². The molecule has 0 aliphatic carbocycles. The third-order valence-corrected chi connectivity index (χ3v) is 5.60. The van der Waals surface area contributed by atoms with E-state index in [2.05, 4.69) is 5.32 Å². The zero-order valence-electron chi connectivity index (χ0n) is 14.8. The Balaban J connectivity index is 1.74. The van der Waals surface area contributed by atoms with Crippen LogP contribution in [0.2, 0.25) is 0 Å². The van der Waals surface area contributed by atoms with Crippen LogP contribution < -0.4 is 5.32 Å². The SMILES string of the molecule is CN1C(=O)C(=Cc2ccc(C(=O)NC(C(=O)O)c3ccccc3)cc2)SC1=S. The van der Waals surface area contributed by atoms with Crippen LogP contribution in [-0.2, 0) is 9.59 Å². The predicted octanol–water partition coefficient (Wildman–Crippen LogP) is 3.07. The topological polar surface area (TPSA) is 86.7 Å². The van der Waals surface area contributed by atoms with Gasteiger partial charge < -0.3 is 10.4 Å². The summed E-state index contributed by atoms with van der Waals surface area (Å²) in [5.41, 5.74) is 1.55. The van der Waals surface area contributed by atoms with Crippen LogP contribution in [0, 0.1) is 0 Å². The van der Waals surface area contributed by atoms with Crippen LogP contribution in [0.3, 0.4) is 0 Å². The van der Waals surface area contributed by atoms with Gasteiger partial charge in [-0.25, -0.2) is 4.79 Å². The second-order valence-corrected chi connectivity index (χ2v) is 7.69. The van der Waals surface area contributed by atoms with E-state index in [-0.39, 0.29) is 5.91 Å². The van der Waals surface area contributed by atoms with Crippen molar-refractivity contribution in [1.29, 1.82) is 0 Å². The largest absolute Gasteiger partial charge is 0.479 e. The lowest BCUT2D eigenvalue weighted by molar-refractivity contribution is -0.139. The van der Waals surface area contributed by atoms with Crippen molar-refractivity contribution in [1.82, 2.24) is 10.2 Å². The van der Waals surface area contributed by atoms with Crippen LogP contribution in [0.25, 0.3) is 6.08 Å². The minimum atomic E-state index is -1.14. The molecular weight excluding hydrogens is 396 g/mol. The third kappa shape index (κ3) is 4.29. The molecule has 1 unspecified atom stereocenters. The van der Waals surface area contributed by atoms with Gasteiger partial charge in [-0.2, -0.15) is 0 Å². The number of amides is 2. The summed E-state index contributed by atoms with van der Waals surface area (Å²) in [6, 6.07) is 13.9. The van der Waals surface area contributed by atoms with Gasteiger partial charge >= 0.3 is 5.97 Å². The highest BCUT2D eigenvalue weighted by Gasteiger charge is 2.28. The molecule has 2 aromatic rings. The molecule has 1 saturated heterocycles. The minimum Gasteiger partial charge on any atom is -0.479 e. The number of rotatable bonds is 5. The van der Waals surface area contributed by atoms with Crippen LogP contribution >= 0.6 is 24.0 Å². The van der Waals surface area contributed by atoms with Gasteiger partial charge in [0.15, 0.2) is 6.04 Å². The Kier molecular flexibility index (Phi) is 5.91. The van der Waals surface area contributed by atoms with Crippen molar-refractivity contribution in [2.24, 2.45) is 0 Å². The molecular formula is C20H16N2O4S2. The van der Waals surface area contributed by atoms with E-state index in [0.29, 0.717) is 20.4 Å². The van der Waals surface area contributed by atoms with E-state index in [1.165, 1.54) is 16.7 Å². The van der Waals surface area contributed by atoms with Gasteiger partial charge in [0.1, 0.15) is 4.32 Å². The van der Waals surface area contributed by atoms with Crippen LogP contribution in [0.1, 0.15) is 27.5 Å². The molecule has 8 heteroatoms. The quantitative estimate of drug-likeness (QED) is 0.580. The van der Waals surface area contributed by atoms with Gasteiger partial charge in [-0.05, 0) is 29.3 Å². The Morgan fingerprint density at radius 1 is 1.14 bits per heavy atom. The summed E-state index contributed by atoms with van der Waals surface area (Å²) < 4.78 is 0.493. The summed E-state index contributed by atoms with van der Waals surface area (Å²) in [5, 5.41) is 11.9. The number of carbonyl (C=O) groups is 3. The molecule has 0 aromatic heterocycles. The molecule has 0 saturated carbocycles. The normalized spacial score (nSPS) is 16.3. The Bertz CT molecular complexity index is 971. The fourth-order valence-electron chi connectivity index (χ4n) is 2.58. The zero-order chi connectivity index (χ0) is 20.3. The number of carboxylic acid groups (broad SMARTS) is 1. The first-order chi connectivity index (χ1) is 13.4. The van der Waals surface area contributed by atoms with Crippen molar-refractivity contribution in [2.45, 2.75) is 6.04 Å². The number of thiocarbonyl (C=S) groups is 1. The van der Waals surface area contributed by atoms with E-state index >= 15 is 0 Å². The molecule has 1 fully saturated rings. The second kappa shape index (κ2) is 8.37. The Labute approximate surface area is 171 Å². The van der Waals surface area contributed by atoms with Gasteiger partial charge in [0.25, 0.3) is 11.8 Å². The number of carbonyl (C=O) groups excluding carboxylic acids is 2. The lowest BCUT2D eigenvalue weighted by Crippen LogP contribution is -2.33. The average molecular weight is 412 g/mol. The summed E-state index contributed by atoms with van der Waals surface area (Å²) >= 11 is 6.32. The summed E-state index contributed by atoms with van der Waals surface area (Å²) in [7, 11) is 1.62. The van der Waals surface area contributed by atoms with E-state index in [4.69, 9.17) is 12.2 Å². The first kappa shape index (κ1) is 19.8. The lowest BCUT2D eigenvalue weighted by atomic mass is 10.1. The van der Waals surface area contributed by atoms with Crippen molar-refractivity contribution < 1.29 is 19.5 Å². The summed E-state index contributed by atoms with van der Waals surface area (Å²) in [6.45, 7) is 0. The van der Waals surface area contributed by atoms with Gasteiger partial charge in [-0.1, -0.05) is 66.4 Å². The number of nitrogens with zero attached hydrogens (tertiary/aromatic N) is 1. The fraction of sp³-hybridized carbons (Fsp3) is 0.100. The van der Waals surface area contributed by atoms with Crippen molar-refractivity contribution in [2.75, 3.05) is 7.05 Å². The van der Waals surface area contributed by atoms with E-state index in [1.807, 2.05) is 0 Å². The molecule has 1 aliphatic rings.